The highest BCUT2D eigenvalue weighted by Gasteiger charge is 2.53. The first-order valence-electron chi connectivity index (χ1n) is 6.86. The summed E-state index contributed by atoms with van der Waals surface area (Å²) in [4.78, 5) is 0. The molecule has 23 heavy (non-hydrogen) atoms. The van der Waals surface area contributed by atoms with Crippen molar-refractivity contribution in [2.75, 3.05) is 6.61 Å². The van der Waals surface area contributed by atoms with Crippen LogP contribution in [-0.2, 0) is 9.31 Å². The Bertz CT molecular complexity index is 585. The van der Waals surface area contributed by atoms with E-state index in [1.54, 1.807) is 27.7 Å². The van der Waals surface area contributed by atoms with E-state index in [1.807, 2.05) is 0 Å². The molecule has 0 bridgehead atoms. The fraction of sp³-hybridized carbons (Fsp3) is 0.571. The van der Waals surface area contributed by atoms with Crippen LogP contribution in [0.3, 0.4) is 0 Å². The van der Waals surface area contributed by atoms with Crippen LogP contribution < -0.4 is 10.2 Å². The maximum absolute atomic E-state index is 14.1. The second kappa shape index (κ2) is 5.63. The second-order valence-corrected chi connectivity index (χ2v) is 6.29. The molecule has 0 unspecified atom stereocenters. The fourth-order valence-corrected chi connectivity index (χ4v) is 2.03. The van der Waals surface area contributed by atoms with Crippen molar-refractivity contribution in [3.63, 3.8) is 0 Å². The van der Waals surface area contributed by atoms with Crippen LogP contribution in [0.25, 0.3) is 0 Å². The van der Waals surface area contributed by atoms with E-state index in [1.165, 1.54) is 0 Å². The minimum Gasteiger partial charge on any atom is -0.484 e. The van der Waals surface area contributed by atoms with E-state index in [2.05, 4.69) is 4.74 Å². The third kappa shape index (κ3) is 3.77. The lowest BCUT2D eigenvalue weighted by Crippen LogP contribution is -2.41. The molecule has 0 spiro atoms. The standard InChI is InChI=1S/C14H16BF5O3/c1-12(2)13(3,4)23-15(22-12)11-9(17)5-8(16)6-10(11)21-7-14(18,19)20/h5-6H,7H2,1-4H3. The predicted octanol–water partition coefficient (Wildman–Crippen LogP) is 3.21. The van der Waals surface area contributed by atoms with Crippen LogP contribution >= 0.6 is 0 Å². The molecule has 0 atom stereocenters. The van der Waals surface area contributed by atoms with Gasteiger partial charge in [0.15, 0.2) is 6.61 Å². The van der Waals surface area contributed by atoms with E-state index in [4.69, 9.17) is 9.31 Å². The molecule has 2 rings (SSSR count). The van der Waals surface area contributed by atoms with Gasteiger partial charge in [0, 0.05) is 12.1 Å². The highest BCUT2D eigenvalue weighted by Crippen LogP contribution is 2.37. The Hall–Kier alpha value is -1.35. The van der Waals surface area contributed by atoms with Crippen molar-refractivity contribution in [3.05, 3.63) is 23.8 Å². The van der Waals surface area contributed by atoms with Crippen LogP contribution in [0.15, 0.2) is 12.1 Å². The zero-order valence-electron chi connectivity index (χ0n) is 13.1. The minimum atomic E-state index is -4.64. The summed E-state index contributed by atoms with van der Waals surface area (Å²) in [6.45, 7) is 5.12. The molecule has 1 heterocycles. The highest BCUT2D eigenvalue weighted by atomic mass is 19.4. The average Bonchev–Trinajstić information content (AvgIpc) is 2.53. The molecule has 1 saturated heterocycles. The molecule has 3 nitrogen and oxygen atoms in total. The summed E-state index contributed by atoms with van der Waals surface area (Å²) in [7, 11) is -1.30. The number of alkyl halides is 3. The van der Waals surface area contributed by atoms with Crippen LogP contribution in [0, 0.1) is 11.6 Å². The van der Waals surface area contributed by atoms with Gasteiger partial charge in [-0.3, -0.25) is 0 Å². The summed E-state index contributed by atoms with van der Waals surface area (Å²) in [6.07, 6.45) is -4.64. The first-order chi connectivity index (χ1) is 10.3. The maximum Gasteiger partial charge on any atom is 0.501 e. The van der Waals surface area contributed by atoms with Crippen LogP contribution in [0.2, 0.25) is 0 Å². The maximum atomic E-state index is 14.1. The molecular weight excluding hydrogens is 322 g/mol. The summed E-state index contributed by atoms with van der Waals surface area (Å²) >= 11 is 0. The van der Waals surface area contributed by atoms with E-state index in [0.29, 0.717) is 12.1 Å². The van der Waals surface area contributed by atoms with Crippen molar-refractivity contribution in [2.45, 2.75) is 45.1 Å². The van der Waals surface area contributed by atoms with Gasteiger partial charge in [-0.25, -0.2) is 8.78 Å². The van der Waals surface area contributed by atoms with E-state index >= 15 is 0 Å². The monoisotopic (exact) mass is 338 g/mol. The van der Waals surface area contributed by atoms with Gasteiger partial charge in [0.1, 0.15) is 17.4 Å². The second-order valence-electron chi connectivity index (χ2n) is 6.29. The van der Waals surface area contributed by atoms with Gasteiger partial charge in [0.25, 0.3) is 0 Å². The van der Waals surface area contributed by atoms with E-state index < -0.39 is 54.0 Å². The Labute approximate surface area is 130 Å². The summed E-state index contributed by atoms with van der Waals surface area (Å²) in [5.74, 6) is -2.75. The quantitative estimate of drug-likeness (QED) is 0.626. The Morgan fingerprint density at radius 3 is 2.04 bits per heavy atom. The first-order valence-corrected chi connectivity index (χ1v) is 6.86. The molecule has 0 aromatic heterocycles. The molecule has 0 amide bonds. The summed E-state index contributed by atoms with van der Waals surface area (Å²) in [5, 5.41) is 0. The van der Waals surface area contributed by atoms with Gasteiger partial charge in [-0.15, -0.1) is 0 Å². The molecule has 1 fully saturated rings. The van der Waals surface area contributed by atoms with E-state index in [9.17, 15) is 22.0 Å². The van der Waals surface area contributed by atoms with Crippen LogP contribution in [0.1, 0.15) is 27.7 Å². The minimum absolute atomic E-state index is 0.394. The molecule has 0 radical (unpaired) electrons. The van der Waals surface area contributed by atoms with E-state index in [0.717, 1.165) is 0 Å². The van der Waals surface area contributed by atoms with Gasteiger partial charge in [0.05, 0.1) is 16.7 Å². The number of halogens is 5. The largest absolute Gasteiger partial charge is 0.501 e. The predicted molar refractivity (Wildman–Crippen MR) is 73.6 cm³/mol. The lowest BCUT2D eigenvalue weighted by atomic mass is 9.77. The van der Waals surface area contributed by atoms with Crippen molar-refractivity contribution < 1.29 is 36.0 Å². The highest BCUT2D eigenvalue weighted by molar-refractivity contribution is 6.63. The first kappa shape index (κ1) is 18.0. The Balaban J connectivity index is 2.38. The third-order valence-electron chi connectivity index (χ3n) is 3.94. The van der Waals surface area contributed by atoms with E-state index in [-0.39, 0.29) is 0 Å². The Morgan fingerprint density at radius 2 is 1.57 bits per heavy atom. The van der Waals surface area contributed by atoms with Gasteiger partial charge in [0.2, 0.25) is 0 Å². The summed E-state index contributed by atoms with van der Waals surface area (Å²) < 4.78 is 80.2. The molecule has 1 aliphatic heterocycles. The van der Waals surface area contributed by atoms with Gasteiger partial charge in [-0.05, 0) is 27.7 Å². The van der Waals surface area contributed by atoms with Crippen molar-refractivity contribution in [3.8, 4) is 5.75 Å². The number of hydrogen-bond acceptors (Lipinski definition) is 3. The lowest BCUT2D eigenvalue weighted by molar-refractivity contribution is -0.153. The van der Waals surface area contributed by atoms with Crippen molar-refractivity contribution in [2.24, 2.45) is 0 Å². The molecular formula is C14H16BF5O3. The van der Waals surface area contributed by atoms with Gasteiger partial charge < -0.3 is 14.0 Å². The Morgan fingerprint density at radius 1 is 1.04 bits per heavy atom. The fourth-order valence-electron chi connectivity index (χ4n) is 2.03. The topological polar surface area (TPSA) is 27.7 Å². The van der Waals surface area contributed by atoms with Crippen molar-refractivity contribution in [1.29, 1.82) is 0 Å². The molecule has 9 heteroatoms. The number of benzene rings is 1. The molecule has 0 aliphatic carbocycles. The zero-order chi connectivity index (χ0) is 17.6. The SMILES string of the molecule is CC1(C)OB(c2c(F)cc(F)cc2OCC(F)(F)F)OC1(C)C. The molecule has 0 saturated carbocycles. The summed E-state index contributed by atoms with van der Waals surface area (Å²) in [6, 6.07) is 1.22. The Kier molecular flexibility index (Phi) is 4.40. The van der Waals surface area contributed by atoms with Gasteiger partial charge >= 0.3 is 13.3 Å². The molecule has 1 aliphatic rings. The number of hydrogen-bond donors (Lipinski definition) is 0. The van der Waals surface area contributed by atoms with Crippen LogP contribution in [0.5, 0.6) is 5.75 Å². The summed E-state index contributed by atoms with van der Waals surface area (Å²) in [5.41, 5.74) is -2.06. The molecule has 0 N–H and O–H groups in total. The molecule has 128 valence electrons. The number of ether oxygens (including phenoxy) is 1. The van der Waals surface area contributed by atoms with Crippen molar-refractivity contribution in [1.82, 2.24) is 0 Å². The van der Waals surface area contributed by atoms with Gasteiger partial charge in [-0.1, -0.05) is 0 Å². The molecule has 1 aromatic rings. The van der Waals surface area contributed by atoms with Crippen molar-refractivity contribution >= 4 is 12.6 Å². The smallest absolute Gasteiger partial charge is 0.484 e. The molecule has 1 aromatic carbocycles. The lowest BCUT2D eigenvalue weighted by Gasteiger charge is -2.32. The van der Waals surface area contributed by atoms with Gasteiger partial charge in [-0.2, -0.15) is 13.2 Å². The average molecular weight is 338 g/mol. The van der Waals surface area contributed by atoms with Crippen LogP contribution in [0.4, 0.5) is 22.0 Å². The normalized spacial score (nSPS) is 20.0. The van der Waals surface area contributed by atoms with Crippen LogP contribution in [-0.4, -0.2) is 31.1 Å². The number of rotatable bonds is 3. The zero-order valence-corrected chi connectivity index (χ0v) is 13.1. The third-order valence-corrected chi connectivity index (χ3v) is 3.94.